The number of rotatable bonds is 8. The van der Waals surface area contributed by atoms with Gasteiger partial charge in [-0.3, -0.25) is 0 Å². The second kappa shape index (κ2) is 8.86. The summed E-state index contributed by atoms with van der Waals surface area (Å²) in [5.41, 5.74) is -2.30. The zero-order chi connectivity index (χ0) is 22.0. The Morgan fingerprint density at radius 3 is 1.14 bits per heavy atom. The van der Waals surface area contributed by atoms with Crippen molar-refractivity contribution in [1.82, 2.24) is 0 Å². The fourth-order valence-corrected chi connectivity index (χ4v) is 4.01. The van der Waals surface area contributed by atoms with Crippen LogP contribution in [0, 0.1) is 23.3 Å². The van der Waals surface area contributed by atoms with Gasteiger partial charge in [0.25, 0.3) is 0 Å². The summed E-state index contributed by atoms with van der Waals surface area (Å²) in [7, 11) is 0. The molecule has 29 heavy (non-hydrogen) atoms. The molecular formula is C24H30F4O. The Kier molecular flexibility index (Phi) is 7.15. The van der Waals surface area contributed by atoms with Gasteiger partial charge in [0.05, 0.1) is 22.3 Å². The van der Waals surface area contributed by atoms with Gasteiger partial charge in [-0.1, -0.05) is 26.7 Å². The van der Waals surface area contributed by atoms with E-state index >= 15 is 0 Å². The fourth-order valence-electron chi connectivity index (χ4n) is 4.01. The molecule has 0 saturated carbocycles. The third-order valence-electron chi connectivity index (χ3n) is 5.00. The number of hydrogen-bond donors (Lipinski definition) is 0. The van der Waals surface area contributed by atoms with Crippen LogP contribution in [0.1, 0.15) is 76.6 Å². The highest BCUT2D eigenvalue weighted by molar-refractivity contribution is 5.33. The molecular weight excluding hydrogens is 380 g/mol. The van der Waals surface area contributed by atoms with Crippen LogP contribution in [0.3, 0.4) is 0 Å². The van der Waals surface area contributed by atoms with Gasteiger partial charge in [-0.15, -0.1) is 0 Å². The molecule has 5 heteroatoms. The molecule has 1 nitrogen and oxygen atoms in total. The predicted molar refractivity (Wildman–Crippen MR) is 108 cm³/mol. The maximum atomic E-state index is 14.7. The topological polar surface area (TPSA) is 9.23 Å². The van der Waals surface area contributed by atoms with E-state index in [-0.39, 0.29) is 11.1 Å². The highest BCUT2D eigenvalue weighted by Gasteiger charge is 2.39. The monoisotopic (exact) mass is 410 g/mol. The molecule has 0 aliphatic heterocycles. The van der Waals surface area contributed by atoms with E-state index in [2.05, 4.69) is 0 Å². The Balaban J connectivity index is 2.44. The van der Waals surface area contributed by atoms with Gasteiger partial charge in [0.1, 0.15) is 23.3 Å². The summed E-state index contributed by atoms with van der Waals surface area (Å²) in [6.45, 7) is 9.84. The van der Waals surface area contributed by atoms with Crippen LogP contribution in [0.2, 0.25) is 0 Å². The Morgan fingerprint density at radius 2 is 0.897 bits per heavy atom. The maximum absolute atomic E-state index is 14.7. The standard InChI is InChI=1S/C24H30F4O/c1-7-9-15-11-17(25)21(18(26)12-15)23(3,4)29-24(5,6)22-19(27)13-16(10-8-2)14-20(22)28/h11-14H,7-10H2,1-6H3. The third kappa shape index (κ3) is 5.19. The average molecular weight is 410 g/mol. The van der Waals surface area contributed by atoms with E-state index < -0.39 is 34.5 Å². The van der Waals surface area contributed by atoms with Gasteiger partial charge in [0.2, 0.25) is 0 Å². The fraction of sp³-hybridized carbons (Fsp3) is 0.500. The Hall–Kier alpha value is -1.88. The molecule has 0 bridgehead atoms. The molecule has 2 rings (SSSR count). The largest absolute Gasteiger partial charge is 0.360 e. The van der Waals surface area contributed by atoms with Crippen molar-refractivity contribution >= 4 is 0 Å². The molecule has 2 aromatic rings. The lowest BCUT2D eigenvalue weighted by Crippen LogP contribution is -2.36. The zero-order valence-corrected chi connectivity index (χ0v) is 18.1. The van der Waals surface area contributed by atoms with Crippen LogP contribution in [0.15, 0.2) is 24.3 Å². The average Bonchev–Trinajstić information content (AvgIpc) is 2.52. The smallest absolute Gasteiger partial charge is 0.132 e. The van der Waals surface area contributed by atoms with Crippen LogP contribution in [0.5, 0.6) is 0 Å². The van der Waals surface area contributed by atoms with E-state index in [4.69, 9.17) is 4.74 Å². The van der Waals surface area contributed by atoms with Crippen LogP contribution >= 0.6 is 0 Å². The van der Waals surface area contributed by atoms with Crippen molar-refractivity contribution in [1.29, 1.82) is 0 Å². The lowest BCUT2D eigenvalue weighted by Gasteiger charge is -2.37. The first kappa shape index (κ1) is 23.4. The molecule has 160 valence electrons. The van der Waals surface area contributed by atoms with Crippen molar-refractivity contribution in [3.63, 3.8) is 0 Å². The molecule has 2 aromatic carbocycles. The first-order valence-electron chi connectivity index (χ1n) is 10.1. The van der Waals surface area contributed by atoms with Gasteiger partial charge < -0.3 is 4.74 Å². The number of halogens is 4. The third-order valence-corrected chi connectivity index (χ3v) is 5.00. The van der Waals surface area contributed by atoms with Crippen molar-refractivity contribution in [2.45, 2.75) is 78.4 Å². The van der Waals surface area contributed by atoms with Crippen molar-refractivity contribution in [3.05, 3.63) is 69.8 Å². The molecule has 0 aliphatic rings. The summed E-state index contributed by atoms with van der Waals surface area (Å²) in [6, 6.07) is 5.17. The predicted octanol–water partition coefficient (Wildman–Crippen LogP) is 7.34. The minimum absolute atomic E-state index is 0.256. The van der Waals surface area contributed by atoms with Gasteiger partial charge in [0.15, 0.2) is 0 Å². The van der Waals surface area contributed by atoms with Crippen molar-refractivity contribution in [2.24, 2.45) is 0 Å². The van der Waals surface area contributed by atoms with E-state index in [0.29, 0.717) is 24.0 Å². The second-order valence-corrected chi connectivity index (χ2v) is 8.49. The van der Waals surface area contributed by atoms with E-state index in [9.17, 15) is 17.6 Å². The first-order chi connectivity index (χ1) is 13.4. The summed E-state index contributed by atoms with van der Waals surface area (Å²) >= 11 is 0. The van der Waals surface area contributed by atoms with Gasteiger partial charge >= 0.3 is 0 Å². The van der Waals surface area contributed by atoms with Crippen LogP contribution in [-0.4, -0.2) is 0 Å². The molecule has 0 fully saturated rings. The summed E-state index contributed by atoms with van der Waals surface area (Å²) in [6.07, 6.45) is 2.64. The Labute approximate surface area is 171 Å². The normalized spacial score (nSPS) is 12.5. The number of hydrogen-bond acceptors (Lipinski definition) is 1. The summed E-state index contributed by atoms with van der Waals surface area (Å²) in [5.74, 6) is -2.91. The molecule has 0 spiro atoms. The van der Waals surface area contributed by atoms with Crippen molar-refractivity contribution in [2.75, 3.05) is 0 Å². The van der Waals surface area contributed by atoms with Gasteiger partial charge in [-0.05, 0) is 75.9 Å². The van der Waals surface area contributed by atoms with Crippen molar-refractivity contribution < 1.29 is 22.3 Å². The highest BCUT2D eigenvalue weighted by atomic mass is 19.1. The van der Waals surface area contributed by atoms with Crippen LogP contribution in [0.25, 0.3) is 0 Å². The Bertz CT molecular complexity index is 754. The molecule has 0 unspecified atom stereocenters. The first-order valence-corrected chi connectivity index (χ1v) is 10.1. The van der Waals surface area contributed by atoms with E-state index in [1.807, 2.05) is 13.8 Å². The lowest BCUT2D eigenvalue weighted by molar-refractivity contribution is -0.137. The molecule has 0 saturated heterocycles. The summed E-state index contributed by atoms with van der Waals surface area (Å²) in [5, 5.41) is 0. The van der Waals surface area contributed by atoms with E-state index in [0.717, 1.165) is 12.8 Å². The molecule has 0 radical (unpaired) electrons. The SMILES string of the molecule is CCCc1cc(F)c(C(C)(C)OC(C)(C)c2c(F)cc(CCC)cc2F)c(F)c1. The number of benzene rings is 2. The molecule has 0 heterocycles. The molecule has 0 amide bonds. The van der Waals surface area contributed by atoms with Crippen molar-refractivity contribution in [3.8, 4) is 0 Å². The Morgan fingerprint density at radius 1 is 0.621 bits per heavy atom. The molecule has 0 aromatic heterocycles. The van der Waals surface area contributed by atoms with E-state index in [1.54, 1.807) is 0 Å². The van der Waals surface area contributed by atoms with Gasteiger partial charge in [-0.25, -0.2) is 17.6 Å². The van der Waals surface area contributed by atoms with Gasteiger partial charge in [0, 0.05) is 0 Å². The van der Waals surface area contributed by atoms with Crippen LogP contribution in [0.4, 0.5) is 17.6 Å². The van der Waals surface area contributed by atoms with Crippen LogP contribution < -0.4 is 0 Å². The van der Waals surface area contributed by atoms with E-state index in [1.165, 1.54) is 52.0 Å². The summed E-state index contributed by atoms with van der Waals surface area (Å²) in [4.78, 5) is 0. The molecule has 0 aliphatic carbocycles. The second-order valence-electron chi connectivity index (χ2n) is 8.49. The highest BCUT2D eigenvalue weighted by Crippen LogP contribution is 2.40. The minimum Gasteiger partial charge on any atom is -0.360 e. The molecule has 0 N–H and O–H groups in total. The molecule has 0 atom stereocenters. The minimum atomic E-state index is -1.45. The lowest BCUT2D eigenvalue weighted by atomic mass is 9.90. The maximum Gasteiger partial charge on any atom is 0.132 e. The van der Waals surface area contributed by atoms with Crippen LogP contribution in [-0.2, 0) is 28.8 Å². The quantitative estimate of drug-likeness (QED) is 0.414. The number of aryl methyl sites for hydroxylation is 2. The summed E-state index contributed by atoms with van der Waals surface area (Å²) < 4.78 is 64.9. The van der Waals surface area contributed by atoms with Gasteiger partial charge in [-0.2, -0.15) is 0 Å². The number of ether oxygens (including phenoxy) is 1. The zero-order valence-electron chi connectivity index (χ0n) is 18.1.